The molecule has 0 radical (unpaired) electrons. The topological polar surface area (TPSA) is 178 Å². The van der Waals surface area contributed by atoms with E-state index >= 15 is 0 Å². The highest BCUT2D eigenvalue weighted by Gasteiger charge is 2.45. The molecule has 5 rings (SSSR count). The first kappa shape index (κ1) is 42.4. The normalized spacial score (nSPS) is 17.4. The summed E-state index contributed by atoms with van der Waals surface area (Å²) in [7, 11) is -3.12. The van der Waals surface area contributed by atoms with E-state index in [9.17, 15) is 33.6 Å². The van der Waals surface area contributed by atoms with Crippen molar-refractivity contribution in [3.05, 3.63) is 77.1 Å². The average molecular weight is 805 g/mol. The minimum absolute atomic E-state index is 0.00786. The van der Waals surface area contributed by atoms with E-state index in [-0.39, 0.29) is 24.3 Å². The molecule has 11 nitrogen and oxygen atoms in total. The molecule has 2 aromatic carbocycles. The number of aryl methyl sites for hydroxylation is 1. The zero-order valence-electron chi connectivity index (χ0n) is 30.7. The largest absolute Gasteiger partial charge is 0.490 e. The van der Waals surface area contributed by atoms with Gasteiger partial charge in [-0.25, -0.2) is 8.42 Å². The van der Waals surface area contributed by atoms with Crippen LogP contribution in [0.5, 0.6) is 5.75 Å². The maximum atomic E-state index is 13.2. The molecule has 14 heteroatoms. The maximum Gasteiger partial charge on any atom is 0.254 e. The van der Waals surface area contributed by atoms with Crippen LogP contribution in [0.4, 0.5) is 0 Å². The second kappa shape index (κ2) is 19.4. The molecular formula is C40H53ClN2O9S2. The number of carbonyl (C=O) groups is 1. The molecule has 0 aliphatic heterocycles. The van der Waals surface area contributed by atoms with Crippen molar-refractivity contribution < 1.29 is 43.5 Å². The number of nitrogens with zero attached hydrogens (tertiary/aromatic N) is 2. The molecule has 2 saturated carbocycles. The molecule has 0 unspecified atom stereocenters. The number of hydrogen-bond donors (Lipinski definition) is 5. The zero-order valence-corrected chi connectivity index (χ0v) is 33.1. The Kier molecular flexibility index (Phi) is 15.2. The fourth-order valence-electron chi connectivity index (χ4n) is 6.70. The minimum Gasteiger partial charge on any atom is -0.490 e. The highest BCUT2D eigenvalue weighted by atomic mass is 35.5. The van der Waals surface area contributed by atoms with Crippen molar-refractivity contribution in [3.8, 4) is 16.9 Å². The molecule has 2 aliphatic rings. The van der Waals surface area contributed by atoms with Gasteiger partial charge in [-0.1, -0.05) is 36.2 Å². The van der Waals surface area contributed by atoms with Gasteiger partial charge >= 0.3 is 0 Å². The van der Waals surface area contributed by atoms with Crippen molar-refractivity contribution in [1.29, 1.82) is 0 Å². The Bertz CT molecular complexity index is 1810. The molecule has 4 atom stereocenters. The van der Waals surface area contributed by atoms with Gasteiger partial charge in [0.15, 0.2) is 6.10 Å². The van der Waals surface area contributed by atoms with Gasteiger partial charge in [0.1, 0.15) is 33.9 Å². The molecule has 1 amide bonds. The van der Waals surface area contributed by atoms with Gasteiger partial charge in [0.05, 0.1) is 12.7 Å². The Morgan fingerprint density at radius 1 is 1.00 bits per heavy atom. The Morgan fingerprint density at radius 3 is 2.44 bits per heavy atom. The predicted octanol–water partition coefficient (Wildman–Crippen LogP) is 4.57. The van der Waals surface area contributed by atoms with Crippen molar-refractivity contribution in [1.82, 2.24) is 9.88 Å². The van der Waals surface area contributed by atoms with E-state index in [2.05, 4.69) is 23.2 Å². The van der Waals surface area contributed by atoms with E-state index in [1.54, 1.807) is 11.8 Å². The number of amides is 1. The lowest BCUT2D eigenvalue weighted by Crippen LogP contribution is -2.53. The number of ether oxygens (including phenoxy) is 1. The second-order valence-electron chi connectivity index (χ2n) is 14.7. The van der Waals surface area contributed by atoms with E-state index in [1.807, 2.05) is 42.7 Å². The minimum atomic E-state index is -3.12. The number of hydrogen-bond acceptors (Lipinski definition) is 11. The van der Waals surface area contributed by atoms with Crippen molar-refractivity contribution >= 4 is 39.1 Å². The summed E-state index contributed by atoms with van der Waals surface area (Å²) in [6.45, 7) is -0.407. The summed E-state index contributed by atoms with van der Waals surface area (Å²) in [6, 6.07) is 16.3. The lowest BCUT2D eigenvalue weighted by atomic mass is 9.85. The highest BCUT2D eigenvalue weighted by Crippen LogP contribution is 2.55. The van der Waals surface area contributed by atoms with Crippen LogP contribution in [0.3, 0.4) is 0 Å². The fraction of sp³-hybridized carbons (Fsp3) is 0.550. The van der Waals surface area contributed by atoms with Crippen molar-refractivity contribution in [2.75, 3.05) is 37.5 Å². The number of unbranched alkanes of at least 4 members (excludes halogenated alkanes) is 2. The van der Waals surface area contributed by atoms with Crippen LogP contribution >= 0.6 is 23.4 Å². The van der Waals surface area contributed by atoms with Crippen molar-refractivity contribution in [3.63, 3.8) is 0 Å². The van der Waals surface area contributed by atoms with Crippen LogP contribution in [-0.2, 0) is 26.5 Å². The number of benzene rings is 2. The van der Waals surface area contributed by atoms with Crippen molar-refractivity contribution in [2.24, 2.45) is 0 Å². The van der Waals surface area contributed by atoms with Crippen molar-refractivity contribution in [2.45, 2.75) is 105 Å². The summed E-state index contributed by atoms with van der Waals surface area (Å²) in [5.41, 5.74) is 4.57. The highest BCUT2D eigenvalue weighted by molar-refractivity contribution is 7.99. The third-order valence-corrected chi connectivity index (χ3v) is 12.7. The van der Waals surface area contributed by atoms with E-state index < -0.39 is 46.8 Å². The first-order chi connectivity index (χ1) is 25.8. The SMILES string of the molecule is CS(=O)(=O)CCCCCN(CCCSc1ccc(Cl)c(CCC2(c3cnccc3-c3ccccc3OC3CC3)CC2)c1)C(=O)[C@@H](O)[C@@H](O)[C@H](O)[C@@H](O)CO. The standard InChI is InChI=1S/C40H53ClN2O9S2/c1-54(50,51)23-6-2-5-20-43(39(49)38(48)37(47)36(46)34(45)26-44)21-7-22-53-29-12-13-33(41)27(24-29)14-16-40(17-18-40)32-25-42-19-15-30(32)31-8-3-4-9-35(31)52-28-10-11-28/h3-4,8-9,12-13,15,19,24-25,28,34,36-38,44-48H,2,5-7,10-11,14,16-18,20-23,26H2,1H3/t34-,36+,37-,38-/m0/s1. The molecule has 1 heterocycles. The van der Waals surface area contributed by atoms with Gasteiger partial charge in [-0.2, -0.15) is 0 Å². The Hall–Kier alpha value is -2.75. The Labute approximate surface area is 327 Å². The molecule has 3 aromatic rings. The Morgan fingerprint density at radius 2 is 1.74 bits per heavy atom. The summed E-state index contributed by atoms with van der Waals surface area (Å²) in [4.78, 5) is 20.2. The van der Waals surface area contributed by atoms with Gasteiger partial charge in [-0.05, 0) is 116 Å². The van der Waals surface area contributed by atoms with E-state index in [1.165, 1.54) is 16.7 Å². The van der Waals surface area contributed by atoms with Crippen LogP contribution in [0, 0.1) is 0 Å². The molecule has 0 bridgehead atoms. The summed E-state index contributed by atoms with van der Waals surface area (Å²) in [6.07, 6.45) is 5.65. The van der Waals surface area contributed by atoms with Gasteiger partial charge in [-0.15, -0.1) is 11.8 Å². The third kappa shape index (κ3) is 11.9. The first-order valence-electron chi connectivity index (χ1n) is 18.7. The van der Waals surface area contributed by atoms with Crippen LogP contribution in [0.25, 0.3) is 11.1 Å². The summed E-state index contributed by atoms with van der Waals surface area (Å²) < 4.78 is 29.3. The number of aliphatic hydroxyl groups excluding tert-OH is 5. The molecule has 0 saturated heterocycles. The first-order valence-corrected chi connectivity index (χ1v) is 22.2. The quantitative estimate of drug-likeness (QED) is 0.0671. The maximum absolute atomic E-state index is 13.2. The van der Waals surface area contributed by atoms with Gasteiger partial charge in [0.2, 0.25) is 0 Å². The third-order valence-electron chi connectivity index (χ3n) is 10.2. The lowest BCUT2D eigenvalue weighted by Gasteiger charge is -2.30. The monoisotopic (exact) mass is 804 g/mol. The smallest absolute Gasteiger partial charge is 0.254 e. The molecule has 0 spiro atoms. The van der Waals surface area contributed by atoms with Gasteiger partial charge in [-0.3, -0.25) is 9.78 Å². The summed E-state index contributed by atoms with van der Waals surface area (Å²) in [5, 5.41) is 50.5. The molecule has 296 valence electrons. The van der Waals surface area contributed by atoms with Crippen LogP contribution in [0.2, 0.25) is 5.02 Å². The zero-order chi connectivity index (χ0) is 38.9. The number of halogens is 1. The molecule has 2 fully saturated rings. The number of aliphatic hydroxyl groups is 5. The van der Waals surface area contributed by atoms with Gasteiger partial charge in [0, 0.05) is 53.0 Å². The number of pyridine rings is 1. The van der Waals surface area contributed by atoms with E-state index in [0.29, 0.717) is 42.6 Å². The number of thioether (sulfide) groups is 1. The van der Waals surface area contributed by atoms with Crippen LogP contribution in [-0.4, -0.2) is 118 Å². The summed E-state index contributed by atoms with van der Waals surface area (Å²) >= 11 is 8.34. The van der Waals surface area contributed by atoms with Crippen LogP contribution < -0.4 is 4.74 Å². The summed E-state index contributed by atoms with van der Waals surface area (Å²) in [5.74, 6) is 0.759. The average Bonchev–Trinajstić information content (AvgIpc) is 4.11. The van der Waals surface area contributed by atoms with E-state index in [0.717, 1.165) is 65.9 Å². The number of aromatic nitrogens is 1. The molecule has 2 aliphatic carbocycles. The molecule has 54 heavy (non-hydrogen) atoms. The van der Waals surface area contributed by atoms with E-state index in [4.69, 9.17) is 21.4 Å². The number of para-hydroxylation sites is 1. The predicted molar refractivity (Wildman–Crippen MR) is 211 cm³/mol. The Balaban J connectivity index is 1.19. The van der Waals surface area contributed by atoms with Gasteiger partial charge in [0.25, 0.3) is 5.91 Å². The fourth-order valence-corrected chi connectivity index (χ4v) is 8.54. The van der Waals surface area contributed by atoms with Crippen LogP contribution in [0.1, 0.15) is 68.9 Å². The lowest BCUT2D eigenvalue weighted by molar-refractivity contribution is -0.158. The number of carbonyl (C=O) groups excluding carboxylic acids is 1. The molecule has 1 aromatic heterocycles. The van der Waals surface area contributed by atoms with Gasteiger partial charge < -0.3 is 35.2 Å². The second-order valence-corrected chi connectivity index (χ2v) is 18.5. The molecular weight excluding hydrogens is 752 g/mol. The molecule has 5 N–H and O–H groups in total. The number of sulfone groups is 1. The van der Waals surface area contributed by atoms with Crippen LogP contribution in [0.15, 0.2) is 65.8 Å². The number of rotatable bonds is 23.